The molecule has 0 saturated carbocycles. The number of benzene rings is 2. The molecule has 0 radical (unpaired) electrons. The highest BCUT2D eigenvalue weighted by Gasteiger charge is 2.18. The minimum Gasteiger partial charge on any atom is -0.492 e. The third-order valence-corrected chi connectivity index (χ3v) is 4.43. The average Bonchev–Trinajstić information content (AvgIpc) is 3.20. The molecule has 0 bridgehead atoms. The van der Waals surface area contributed by atoms with Crippen molar-refractivity contribution in [1.82, 2.24) is 5.32 Å². The molecule has 1 aromatic heterocycles. The lowest BCUT2D eigenvalue weighted by molar-refractivity contribution is 0.0936. The van der Waals surface area contributed by atoms with E-state index < -0.39 is 0 Å². The van der Waals surface area contributed by atoms with Crippen LogP contribution in [0.25, 0.3) is 0 Å². The highest BCUT2D eigenvalue weighted by atomic mass is 32.1. The maximum atomic E-state index is 12.6. The van der Waals surface area contributed by atoms with Gasteiger partial charge in [0.1, 0.15) is 12.4 Å². The smallest absolute Gasteiger partial charge is 0.252 e. The number of nitrogens with one attached hydrogen (secondary N) is 1. The summed E-state index contributed by atoms with van der Waals surface area (Å²) >= 11 is 1.36. The zero-order chi connectivity index (χ0) is 17.5. The number of ether oxygens (including phenoxy) is 1. The van der Waals surface area contributed by atoms with E-state index in [-0.39, 0.29) is 11.7 Å². The second-order valence-corrected chi connectivity index (χ2v) is 6.22. The molecule has 2 aromatic carbocycles. The summed E-state index contributed by atoms with van der Waals surface area (Å²) in [5, 5.41) is 4.64. The van der Waals surface area contributed by atoms with Crippen LogP contribution in [0.1, 0.15) is 25.6 Å². The normalized spacial score (nSPS) is 10.2. The Morgan fingerprint density at radius 1 is 0.880 bits per heavy atom. The van der Waals surface area contributed by atoms with Crippen molar-refractivity contribution in [1.29, 1.82) is 0 Å². The number of carbonyl (C=O) groups excluding carboxylic acids is 2. The molecule has 3 rings (SSSR count). The van der Waals surface area contributed by atoms with E-state index in [0.717, 1.165) is 5.75 Å². The van der Waals surface area contributed by atoms with Crippen LogP contribution in [0.3, 0.4) is 0 Å². The summed E-state index contributed by atoms with van der Waals surface area (Å²) in [5.41, 5.74) is 0.784. The van der Waals surface area contributed by atoms with E-state index in [1.165, 1.54) is 11.3 Å². The van der Waals surface area contributed by atoms with Crippen molar-refractivity contribution in [3.63, 3.8) is 0 Å². The largest absolute Gasteiger partial charge is 0.492 e. The van der Waals surface area contributed by atoms with E-state index in [9.17, 15) is 9.59 Å². The molecule has 1 amide bonds. The third kappa shape index (κ3) is 4.33. The second-order valence-electron chi connectivity index (χ2n) is 5.27. The maximum absolute atomic E-state index is 12.6. The summed E-state index contributed by atoms with van der Waals surface area (Å²) in [5.74, 6) is 0.337. The van der Waals surface area contributed by atoms with Crippen LogP contribution in [-0.2, 0) is 0 Å². The first-order chi connectivity index (χ1) is 12.3. The van der Waals surface area contributed by atoms with Crippen LogP contribution in [0, 0.1) is 0 Å². The van der Waals surface area contributed by atoms with Gasteiger partial charge in [-0.25, -0.2) is 0 Å². The third-order valence-electron chi connectivity index (χ3n) is 3.56. The Bertz CT molecular complexity index is 844. The molecule has 1 N–H and O–H groups in total. The number of rotatable bonds is 7. The van der Waals surface area contributed by atoms with Crippen molar-refractivity contribution in [2.75, 3.05) is 13.2 Å². The number of para-hydroxylation sites is 1. The van der Waals surface area contributed by atoms with E-state index in [2.05, 4.69) is 5.32 Å². The van der Waals surface area contributed by atoms with Crippen LogP contribution in [0.5, 0.6) is 5.75 Å². The molecular formula is C20H17NO3S. The van der Waals surface area contributed by atoms with Gasteiger partial charge in [0.25, 0.3) is 5.91 Å². The maximum Gasteiger partial charge on any atom is 0.252 e. The minimum absolute atomic E-state index is 0.138. The number of thiophene rings is 1. The Hall–Kier alpha value is -2.92. The van der Waals surface area contributed by atoms with Gasteiger partial charge in [0.2, 0.25) is 5.78 Å². The van der Waals surface area contributed by atoms with Crippen LogP contribution >= 0.6 is 11.3 Å². The number of hydrogen-bond acceptors (Lipinski definition) is 4. The first-order valence-corrected chi connectivity index (χ1v) is 8.77. The standard InChI is InChI=1S/C20H17NO3S/c22-19(18-11-6-14-25-18)16-9-4-5-10-17(16)20(23)21-12-13-24-15-7-2-1-3-8-15/h1-11,14H,12-13H2,(H,21,23). The summed E-state index contributed by atoms with van der Waals surface area (Å²) in [4.78, 5) is 25.6. The van der Waals surface area contributed by atoms with Gasteiger partial charge >= 0.3 is 0 Å². The van der Waals surface area contributed by atoms with Gasteiger partial charge in [0.15, 0.2) is 0 Å². The Kier molecular flexibility index (Phi) is 5.59. The predicted octanol–water partition coefficient (Wildman–Crippen LogP) is 3.79. The highest BCUT2D eigenvalue weighted by molar-refractivity contribution is 7.12. The molecule has 4 nitrogen and oxygen atoms in total. The molecule has 3 aromatic rings. The Morgan fingerprint density at radius 3 is 2.32 bits per heavy atom. The molecule has 0 unspecified atom stereocenters. The molecule has 0 aliphatic heterocycles. The van der Waals surface area contributed by atoms with E-state index in [4.69, 9.17) is 4.74 Å². The molecule has 0 fully saturated rings. The van der Waals surface area contributed by atoms with Gasteiger partial charge in [-0.15, -0.1) is 11.3 Å². The second kappa shape index (κ2) is 8.26. The molecule has 25 heavy (non-hydrogen) atoms. The van der Waals surface area contributed by atoms with Crippen LogP contribution < -0.4 is 10.1 Å². The highest BCUT2D eigenvalue weighted by Crippen LogP contribution is 2.18. The topological polar surface area (TPSA) is 55.4 Å². The number of ketones is 1. The lowest BCUT2D eigenvalue weighted by atomic mass is 10.0. The molecule has 1 heterocycles. The van der Waals surface area contributed by atoms with Gasteiger partial charge in [0, 0.05) is 5.56 Å². The van der Waals surface area contributed by atoms with Crippen molar-refractivity contribution >= 4 is 23.0 Å². The number of hydrogen-bond donors (Lipinski definition) is 1. The van der Waals surface area contributed by atoms with E-state index in [0.29, 0.717) is 29.2 Å². The summed E-state index contributed by atoms with van der Waals surface area (Å²) in [7, 11) is 0. The van der Waals surface area contributed by atoms with Gasteiger partial charge in [-0.05, 0) is 29.6 Å². The van der Waals surface area contributed by atoms with Crippen molar-refractivity contribution in [2.45, 2.75) is 0 Å². The number of carbonyl (C=O) groups is 2. The fourth-order valence-corrected chi connectivity index (χ4v) is 3.04. The Morgan fingerprint density at radius 2 is 1.60 bits per heavy atom. The van der Waals surface area contributed by atoms with Crippen molar-refractivity contribution in [3.05, 3.63) is 88.1 Å². The fourth-order valence-electron chi connectivity index (χ4n) is 2.36. The molecule has 0 aliphatic rings. The molecular weight excluding hydrogens is 334 g/mol. The van der Waals surface area contributed by atoms with Crippen LogP contribution in [0.4, 0.5) is 0 Å². The molecule has 0 aliphatic carbocycles. The predicted molar refractivity (Wildman–Crippen MR) is 98.5 cm³/mol. The minimum atomic E-state index is -0.280. The summed E-state index contributed by atoms with van der Waals surface area (Å²) in [6.07, 6.45) is 0. The van der Waals surface area contributed by atoms with Gasteiger partial charge in [-0.3, -0.25) is 9.59 Å². The average molecular weight is 351 g/mol. The monoisotopic (exact) mass is 351 g/mol. The van der Waals surface area contributed by atoms with Crippen molar-refractivity contribution in [2.24, 2.45) is 0 Å². The zero-order valence-electron chi connectivity index (χ0n) is 13.5. The molecule has 126 valence electrons. The van der Waals surface area contributed by atoms with E-state index in [1.54, 1.807) is 30.3 Å². The Labute approximate surface area is 150 Å². The summed E-state index contributed by atoms with van der Waals surface area (Å²) in [6, 6.07) is 19.8. The van der Waals surface area contributed by atoms with Crippen LogP contribution in [0.15, 0.2) is 72.1 Å². The van der Waals surface area contributed by atoms with E-state index >= 15 is 0 Å². The van der Waals surface area contributed by atoms with Gasteiger partial charge in [-0.2, -0.15) is 0 Å². The summed E-state index contributed by atoms with van der Waals surface area (Å²) in [6.45, 7) is 0.714. The lowest BCUT2D eigenvalue weighted by Crippen LogP contribution is -2.29. The molecule has 5 heteroatoms. The molecule has 0 spiro atoms. The van der Waals surface area contributed by atoms with Crippen LogP contribution in [0.2, 0.25) is 0 Å². The Balaban J connectivity index is 1.61. The summed E-state index contributed by atoms with van der Waals surface area (Å²) < 4.78 is 5.55. The zero-order valence-corrected chi connectivity index (χ0v) is 14.3. The number of amides is 1. The van der Waals surface area contributed by atoms with E-state index in [1.807, 2.05) is 41.8 Å². The van der Waals surface area contributed by atoms with Gasteiger partial charge in [-0.1, -0.05) is 42.5 Å². The fraction of sp³-hybridized carbons (Fsp3) is 0.100. The lowest BCUT2D eigenvalue weighted by Gasteiger charge is -2.10. The first kappa shape index (κ1) is 16.9. The molecule has 0 atom stereocenters. The van der Waals surface area contributed by atoms with Gasteiger partial charge in [0.05, 0.1) is 17.0 Å². The quantitative estimate of drug-likeness (QED) is 0.520. The molecule has 0 saturated heterocycles. The van der Waals surface area contributed by atoms with Crippen molar-refractivity contribution < 1.29 is 14.3 Å². The van der Waals surface area contributed by atoms with Crippen molar-refractivity contribution in [3.8, 4) is 5.75 Å². The van der Waals surface area contributed by atoms with Crippen LogP contribution in [-0.4, -0.2) is 24.8 Å². The first-order valence-electron chi connectivity index (χ1n) is 7.89. The van der Waals surface area contributed by atoms with Gasteiger partial charge < -0.3 is 10.1 Å². The SMILES string of the molecule is O=C(NCCOc1ccccc1)c1ccccc1C(=O)c1cccs1.